The van der Waals surface area contributed by atoms with Crippen molar-refractivity contribution in [3.63, 3.8) is 0 Å². The zero-order valence-electron chi connectivity index (χ0n) is 16.2. The topological polar surface area (TPSA) is 0 Å². The zero-order chi connectivity index (χ0) is 19.7. The van der Waals surface area contributed by atoms with Gasteiger partial charge in [-0.2, -0.15) is 0 Å². The Balaban J connectivity index is 1.58. The first-order valence-corrected chi connectivity index (χ1v) is 10.2. The van der Waals surface area contributed by atoms with Gasteiger partial charge in [0.15, 0.2) is 11.6 Å². The SMILES string of the molecule is CCCC1CCC(c2ccc(-c3ccc4c(F)c(F)ccc4c3)c(F)c2)CC1. The highest BCUT2D eigenvalue weighted by atomic mass is 19.2. The van der Waals surface area contributed by atoms with Crippen LogP contribution in [0.1, 0.15) is 56.9 Å². The summed E-state index contributed by atoms with van der Waals surface area (Å²) in [6, 6.07) is 13.0. The molecule has 0 aliphatic heterocycles. The lowest BCUT2D eigenvalue weighted by Gasteiger charge is -2.28. The molecular weight excluding hydrogens is 357 g/mol. The molecule has 0 bridgehead atoms. The van der Waals surface area contributed by atoms with E-state index >= 15 is 0 Å². The van der Waals surface area contributed by atoms with Gasteiger partial charge in [0.2, 0.25) is 0 Å². The summed E-state index contributed by atoms with van der Waals surface area (Å²) >= 11 is 0. The van der Waals surface area contributed by atoms with Crippen LogP contribution in [-0.2, 0) is 0 Å². The van der Waals surface area contributed by atoms with Crippen LogP contribution in [0.25, 0.3) is 21.9 Å². The second kappa shape index (κ2) is 7.98. The molecule has 4 rings (SSSR count). The predicted molar refractivity (Wildman–Crippen MR) is 109 cm³/mol. The summed E-state index contributed by atoms with van der Waals surface area (Å²) in [5.74, 6) is -0.725. The first-order valence-electron chi connectivity index (χ1n) is 10.2. The molecule has 146 valence electrons. The second-order valence-corrected chi connectivity index (χ2v) is 8.04. The third-order valence-electron chi connectivity index (χ3n) is 6.23. The summed E-state index contributed by atoms with van der Waals surface area (Å²) in [5, 5.41) is 0.777. The van der Waals surface area contributed by atoms with Crippen molar-refractivity contribution >= 4 is 10.8 Å². The van der Waals surface area contributed by atoms with Gasteiger partial charge >= 0.3 is 0 Å². The van der Waals surface area contributed by atoms with E-state index in [1.165, 1.54) is 37.8 Å². The van der Waals surface area contributed by atoms with E-state index in [4.69, 9.17) is 0 Å². The maximum absolute atomic E-state index is 14.9. The fraction of sp³-hybridized carbons (Fsp3) is 0.360. The normalized spacial score (nSPS) is 19.9. The van der Waals surface area contributed by atoms with Crippen LogP contribution in [0.3, 0.4) is 0 Å². The zero-order valence-corrected chi connectivity index (χ0v) is 16.2. The summed E-state index contributed by atoms with van der Waals surface area (Å²) in [5.41, 5.74) is 2.24. The molecule has 3 heteroatoms. The molecule has 3 aromatic carbocycles. The number of benzene rings is 3. The molecule has 0 aromatic heterocycles. The predicted octanol–water partition coefficient (Wildman–Crippen LogP) is 8.00. The Morgan fingerprint density at radius 3 is 2.32 bits per heavy atom. The molecule has 3 aromatic rings. The third kappa shape index (κ3) is 3.67. The van der Waals surface area contributed by atoms with E-state index in [0.29, 0.717) is 22.4 Å². The molecule has 0 unspecified atom stereocenters. The van der Waals surface area contributed by atoms with E-state index in [1.54, 1.807) is 18.2 Å². The van der Waals surface area contributed by atoms with Gasteiger partial charge in [-0.05, 0) is 72.2 Å². The second-order valence-electron chi connectivity index (χ2n) is 8.04. The molecule has 1 saturated carbocycles. The molecular formula is C25H25F3. The van der Waals surface area contributed by atoms with Gasteiger partial charge in [-0.1, -0.05) is 50.1 Å². The summed E-state index contributed by atoms with van der Waals surface area (Å²) < 4.78 is 42.2. The quantitative estimate of drug-likeness (QED) is 0.429. The Kier molecular flexibility index (Phi) is 5.43. The summed E-state index contributed by atoms with van der Waals surface area (Å²) in [4.78, 5) is 0. The van der Waals surface area contributed by atoms with Gasteiger partial charge in [0.05, 0.1) is 0 Å². The van der Waals surface area contributed by atoms with Gasteiger partial charge < -0.3 is 0 Å². The van der Waals surface area contributed by atoms with Crippen molar-refractivity contribution in [1.82, 2.24) is 0 Å². The van der Waals surface area contributed by atoms with Crippen LogP contribution >= 0.6 is 0 Å². The minimum Gasteiger partial charge on any atom is -0.206 e. The van der Waals surface area contributed by atoms with E-state index in [0.717, 1.165) is 30.4 Å². The molecule has 28 heavy (non-hydrogen) atoms. The van der Waals surface area contributed by atoms with Crippen LogP contribution in [0, 0.1) is 23.4 Å². The lowest BCUT2D eigenvalue weighted by Crippen LogP contribution is -2.13. The summed E-state index contributed by atoms with van der Waals surface area (Å²) in [6.07, 6.45) is 7.26. The van der Waals surface area contributed by atoms with Crippen LogP contribution in [0.15, 0.2) is 48.5 Å². The molecule has 0 N–H and O–H groups in total. The van der Waals surface area contributed by atoms with Gasteiger partial charge in [-0.3, -0.25) is 0 Å². The molecule has 0 radical (unpaired) electrons. The Labute approximate surface area is 164 Å². The Hall–Kier alpha value is -2.29. The molecule has 0 spiro atoms. The van der Waals surface area contributed by atoms with Crippen molar-refractivity contribution in [2.45, 2.75) is 51.4 Å². The third-order valence-corrected chi connectivity index (χ3v) is 6.23. The van der Waals surface area contributed by atoms with Crippen molar-refractivity contribution in [2.75, 3.05) is 0 Å². The van der Waals surface area contributed by atoms with Gasteiger partial charge in [0.25, 0.3) is 0 Å². The van der Waals surface area contributed by atoms with Crippen LogP contribution in [-0.4, -0.2) is 0 Å². The standard InChI is InChI=1S/C25H25F3/c1-2-3-16-4-6-17(7-5-16)18-8-11-21(24(27)15-18)19-9-12-22-20(14-19)10-13-23(26)25(22)28/h8-17H,2-7H2,1H3. The highest BCUT2D eigenvalue weighted by Gasteiger charge is 2.22. The fourth-order valence-corrected chi connectivity index (χ4v) is 4.64. The largest absolute Gasteiger partial charge is 0.206 e. The Morgan fingerprint density at radius 2 is 1.61 bits per heavy atom. The van der Waals surface area contributed by atoms with Crippen molar-refractivity contribution in [1.29, 1.82) is 0 Å². The van der Waals surface area contributed by atoms with Crippen LogP contribution in [0.5, 0.6) is 0 Å². The van der Waals surface area contributed by atoms with Gasteiger partial charge in [-0.15, -0.1) is 0 Å². The smallest absolute Gasteiger partial charge is 0.166 e. The number of halogens is 3. The summed E-state index contributed by atoms with van der Waals surface area (Å²) in [6.45, 7) is 2.23. The number of hydrogen-bond donors (Lipinski definition) is 0. The minimum absolute atomic E-state index is 0.213. The monoisotopic (exact) mass is 382 g/mol. The van der Waals surface area contributed by atoms with Crippen LogP contribution in [0.4, 0.5) is 13.2 Å². The number of rotatable bonds is 4. The lowest BCUT2D eigenvalue weighted by molar-refractivity contribution is 0.308. The Morgan fingerprint density at radius 1 is 0.821 bits per heavy atom. The number of hydrogen-bond acceptors (Lipinski definition) is 0. The highest BCUT2D eigenvalue weighted by molar-refractivity contribution is 5.88. The number of fused-ring (bicyclic) bond motifs is 1. The molecule has 0 nitrogen and oxygen atoms in total. The van der Waals surface area contributed by atoms with Crippen molar-refractivity contribution in [2.24, 2.45) is 5.92 Å². The molecule has 0 amide bonds. The molecule has 1 aliphatic rings. The van der Waals surface area contributed by atoms with E-state index in [9.17, 15) is 13.2 Å². The molecule has 0 heterocycles. The van der Waals surface area contributed by atoms with Crippen LogP contribution < -0.4 is 0 Å². The van der Waals surface area contributed by atoms with Crippen LogP contribution in [0.2, 0.25) is 0 Å². The van der Waals surface area contributed by atoms with Crippen molar-refractivity contribution in [3.05, 3.63) is 71.5 Å². The first-order chi connectivity index (χ1) is 13.6. The molecule has 0 atom stereocenters. The minimum atomic E-state index is -0.871. The average Bonchev–Trinajstić information content (AvgIpc) is 2.71. The average molecular weight is 382 g/mol. The maximum atomic E-state index is 14.9. The molecule has 1 aliphatic carbocycles. The van der Waals surface area contributed by atoms with E-state index < -0.39 is 11.6 Å². The van der Waals surface area contributed by atoms with Gasteiger partial charge in [0.1, 0.15) is 5.82 Å². The van der Waals surface area contributed by atoms with E-state index in [-0.39, 0.29) is 11.2 Å². The van der Waals surface area contributed by atoms with E-state index in [2.05, 4.69) is 6.92 Å². The van der Waals surface area contributed by atoms with Gasteiger partial charge in [0, 0.05) is 10.9 Å². The molecule has 0 saturated heterocycles. The molecule has 1 fully saturated rings. The maximum Gasteiger partial charge on any atom is 0.166 e. The first kappa shape index (κ1) is 19.0. The van der Waals surface area contributed by atoms with Crippen molar-refractivity contribution < 1.29 is 13.2 Å². The lowest BCUT2D eigenvalue weighted by atomic mass is 9.77. The van der Waals surface area contributed by atoms with Gasteiger partial charge in [-0.25, -0.2) is 13.2 Å². The van der Waals surface area contributed by atoms with E-state index in [1.807, 2.05) is 12.1 Å². The fourth-order valence-electron chi connectivity index (χ4n) is 4.64. The summed E-state index contributed by atoms with van der Waals surface area (Å²) in [7, 11) is 0. The highest BCUT2D eigenvalue weighted by Crippen LogP contribution is 2.39. The Bertz CT molecular complexity index is 984. The van der Waals surface area contributed by atoms with Crippen molar-refractivity contribution in [3.8, 4) is 11.1 Å².